The van der Waals surface area contributed by atoms with Crippen LogP contribution in [0.5, 0.6) is 5.75 Å². The maximum Gasteiger partial charge on any atom is 0.263 e. The van der Waals surface area contributed by atoms with Crippen molar-refractivity contribution >= 4 is 31.9 Å². The zero-order valence-electron chi connectivity index (χ0n) is 17.4. The van der Waals surface area contributed by atoms with E-state index in [4.69, 9.17) is 13.9 Å². The third-order valence-electron chi connectivity index (χ3n) is 5.07. The molecule has 10 heteroatoms. The Kier molecular flexibility index (Phi) is 6.17. The molecule has 0 aliphatic rings. The smallest absolute Gasteiger partial charge is 0.263 e. The molecular formula is C22H20N5O4P. The zero-order chi connectivity index (χ0) is 22.7. The van der Waals surface area contributed by atoms with Gasteiger partial charge in [0, 0.05) is 6.54 Å². The second-order valence-electron chi connectivity index (χ2n) is 7.14. The van der Waals surface area contributed by atoms with E-state index in [0.29, 0.717) is 52.8 Å². The van der Waals surface area contributed by atoms with Crippen molar-refractivity contribution < 1.29 is 18.7 Å². The van der Waals surface area contributed by atoms with Gasteiger partial charge >= 0.3 is 0 Å². The molecule has 0 fully saturated rings. The number of aromatic nitrogens is 3. The lowest BCUT2D eigenvalue weighted by molar-refractivity contribution is 0.102. The van der Waals surface area contributed by atoms with Crippen LogP contribution in [0.25, 0.3) is 11.0 Å². The van der Waals surface area contributed by atoms with Gasteiger partial charge in [-0.2, -0.15) is 5.26 Å². The SMILES string of the molecule is Cc1noc(C)c1C(=O)Nc1nc2cc(C#N)ccc2n1CCc1ccc(OPO)cc1. The van der Waals surface area contributed by atoms with E-state index in [0.717, 1.165) is 11.1 Å². The molecule has 4 aromatic rings. The fourth-order valence-corrected chi connectivity index (χ4v) is 3.75. The predicted molar refractivity (Wildman–Crippen MR) is 120 cm³/mol. The molecule has 1 atom stereocenters. The highest BCUT2D eigenvalue weighted by Crippen LogP contribution is 2.24. The summed E-state index contributed by atoms with van der Waals surface area (Å²) in [5.41, 5.74) is 3.84. The lowest BCUT2D eigenvalue weighted by Crippen LogP contribution is -2.17. The van der Waals surface area contributed by atoms with Crippen LogP contribution in [0, 0.1) is 25.2 Å². The molecule has 2 aromatic carbocycles. The van der Waals surface area contributed by atoms with Gasteiger partial charge in [0.05, 0.1) is 28.4 Å². The Balaban J connectivity index is 1.64. The van der Waals surface area contributed by atoms with Crippen LogP contribution >= 0.6 is 9.03 Å². The van der Waals surface area contributed by atoms with Gasteiger partial charge in [-0.15, -0.1) is 0 Å². The molecular weight excluding hydrogens is 429 g/mol. The van der Waals surface area contributed by atoms with Gasteiger partial charge in [0.1, 0.15) is 17.1 Å². The summed E-state index contributed by atoms with van der Waals surface area (Å²) in [6, 6.07) is 14.8. The molecule has 2 heterocycles. The van der Waals surface area contributed by atoms with Crippen molar-refractivity contribution in [2.45, 2.75) is 26.8 Å². The maximum atomic E-state index is 12.9. The zero-order valence-corrected chi connectivity index (χ0v) is 18.4. The minimum absolute atomic E-state index is 0.357. The van der Waals surface area contributed by atoms with Crippen LogP contribution in [0.15, 0.2) is 47.0 Å². The Hall–Kier alpha value is -3.73. The van der Waals surface area contributed by atoms with Crippen LogP contribution in [0.1, 0.15) is 32.9 Å². The van der Waals surface area contributed by atoms with E-state index in [1.807, 2.05) is 22.8 Å². The Morgan fingerprint density at radius 1 is 1.28 bits per heavy atom. The van der Waals surface area contributed by atoms with Crippen molar-refractivity contribution in [3.8, 4) is 11.8 Å². The number of amides is 1. The minimum Gasteiger partial charge on any atom is -0.450 e. The summed E-state index contributed by atoms with van der Waals surface area (Å²) < 4.78 is 12.1. The minimum atomic E-state index is -0.600. The molecule has 0 aliphatic heterocycles. The molecule has 0 saturated carbocycles. The summed E-state index contributed by atoms with van der Waals surface area (Å²) in [4.78, 5) is 26.3. The molecule has 1 unspecified atom stereocenters. The fraction of sp³-hybridized carbons (Fsp3) is 0.182. The van der Waals surface area contributed by atoms with Gasteiger partial charge in [-0.05, 0) is 56.2 Å². The van der Waals surface area contributed by atoms with Crippen LogP contribution in [0.3, 0.4) is 0 Å². The number of aryl methyl sites for hydroxylation is 4. The Morgan fingerprint density at radius 2 is 2.06 bits per heavy atom. The van der Waals surface area contributed by atoms with E-state index >= 15 is 0 Å². The Bertz CT molecular complexity index is 1300. The maximum absolute atomic E-state index is 12.9. The highest BCUT2D eigenvalue weighted by Gasteiger charge is 2.21. The van der Waals surface area contributed by atoms with Crippen molar-refractivity contribution in [1.29, 1.82) is 5.26 Å². The van der Waals surface area contributed by atoms with Gasteiger partial charge in [0.15, 0.2) is 0 Å². The van der Waals surface area contributed by atoms with E-state index in [9.17, 15) is 10.1 Å². The Morgan fingerprint density at radius 3 is 2.72 bits per heavy atom. The van der Waals surface area contributed by atoms with Crippen LogP contribution in [0.2, 0.25) is 0 Å². The summed E-state index contributed by atoms with van der Waals surface area (Å²) in [5, 5.41) is 15.9. The van der Waals surface area contributed by atoms with Crippen molar-refractivity contribution in [3.63, 3.8) is 0 Å². The van der Waals surface area contributed by atoms with E-state index in [1.165, 1.54) is 0 Å². The summed E-state index contributed by atoms with van der Waals surface area (Å²) in [5.74, 6) is 1.05. The molecule has 9 nitrogen and oxygen atoms in total. The summed E-state index contributed by atoms with van der Waals surface area (Å²) in [7, 11) is -0.600. The first kappa shape index (κ1) is 21.5. The van der Waals surface area contributed by atoms with E-state index in [-0.39, 0.29) is 5.91 Å². The third-order valence-corrected chi connectivity index (χ3v) is 5.40. The number of nitriles is 1. The summed E-state index contributed by atoms with van der Waals surface area (Å²) >= 11 is 0. The molecule has 0 bridgehead atoms. The number of nitrogens with zero attached hydrogens (tertiary/aromatic N) is 4. The summed E-state index contributed by atoms with van der Waals surface area (Å²) in [6.45, 7) is 3.93. The molecule has 0 radical (unpaired) electrons. The molecule has 0 saturated heterocycles. The van der Waals surface area contributed by atoms with E-state index < -0.39 is 9.03 Å². The second-order valence-corrected chi connectivity index (χ2v) is 7.53. The number of hydrogen-bond donors (Lipinski definition) is 2. The van der Waals surface area contributed by atoms with Crippen molar-refractivity contribution in [3.05, 3.63) is 70.6 Å². The summed E-state index contributed by atoms with van der Waals surface area (Å²) in [6.07, 6.45) is 0.668. The van der Waals surface area contributed by atoms with Crippen LogP contribution < -0.4 is 9.84 Å². The first-order chi connectivity index (χ1) is 15.5. The van der Waals surface area contributed by atoms with Gasteiger partial charge in [-0.1, -0.05) is 17.3 Å². The van der Waals surface area contributed by atoms with Gasteiger partial charge in [-0.3, -0.25) is 10.1 Å². The number of hydrogen-bond acceptors (Lipinski definition) is 7. The largest absolute Gasteiger partial charge is 0.450 e. The van der Waals surface area contributed by atoms with Crippen LogP contribution in [-0.2, 0) is 13.0 Å². The molecule has 162 valence electrons. The molecule has 0 spiro atoms. The number of carbonyl (C=O) groups is 1. The predicted octanol–water partition coefficient (Wildman–Crippen LogP) is 3.89. The van der Waals surface area contributed by atoms with Crippen LogP contribution in [-0.4, -0.2) is 25.5 Å². The average Bonchev–Trinajstić information content (AvgIpc) is 3.31. The van der Waals surface area contributed by atoms with Crippen LogP contribution in [0.4, 0.5) is 5.95 Å². The number of carbonyl (C=O) groups excluding carboxylic acids is 1. The average molecular weight is 449 g/mol. The van der Waals surface area contributed by atoms with Gasteiger partial charge in [0.25, 0.3) is 5.91 Å². The first-order valence-electron chi connectivity index (χ1n) is 9.79. The second kappa shape index (κ2) is 9.18. The molecule has 2 N–H and O–H groups in total. The molecule has 0 aliphatic carbocycles. The van der Waals surface area contributed by atoms with E-state index in [1.54, 1.807) is 38.1 Å². The quantitative estimate of drug-likeness (QED) is 0.410. The molecule has 32 heavy (non-hydrogen) atoms. The number of benzene rings is 2. The fourth-order valence-electron chi connectivity index (χ4n) is 3.51. The van der Waals surface area contributed by atoms with Gasteiger partial charge in [0.2, 0.25) is 15.0 Å². The topological polar surface area (TPSA) is 126 Å². The molecule has 2 aromatic heterocycles. The molecule has 4 rings (SSSR count). The highest BCUT2D eigenvalue weighted by atomic mass is 31.1. The van der Waals surface area contributed by atoms with Gasteiger partial charge in [-0.25, -0.2) is 4.98 Å². The lowest BCUT2D eigenvalue weighted by atomic mass is 10.1. The lowest BCUT2D eigenvalue weighted by Gasteiger charge is -2.11. The number of fused-ring (bicyclic) bond motifs is 1. The Labute approximate surface area is 185 Å². The number of nitrogens with one attached hydrogen (secondary N) is 1. The van der Waals surface area contributed by atoms with Gasteiger partial charge < -0.3 is 18.5 Å². The van der Waals surface area contributed by atoms with E-state index in [2.05, 4.69) is 21.5 Å². The number of rotatable bonds is 7. The first-order valence-corrected chi connectivity index (χ1v) is 10.6. The standard InChI is InChI=1S/C22H20N5O4P/c1-13-20(14(2)30-26-13)21(28)25-22-24-18-11-16(12-23)5-8-19(18)27(22)10-9-15-3-6-17(7-4-15)31-32-29/h3-8,11,29,32H,9-10H2,1-2H3,(H,24,25,28). The highest BCUT2D eigenvalue weighted by molar-refractivity contribution is 7.25. The molecule has 1 amide bonds. The third kappa shape index (κ3) is 4.33. The monoisotopic (exact) mass is 449 g/mol. The van der Waals surface area contributed by atoms with Crippen molar-refractivity contribution in [1.82, 2.24) is 14.7 Å². The number of anilines is 1. The van der Waals surface area contributed by atoms with Crippen molar-refractivity contribution in [2.24, 2.45) is 0 Å². The number of imidazole rings is 1. The van der Waals surface area contributed by atoms with Crippen molar-refractivity contribution in [2.75, 3.05) is 5.32 Å². The normalized spacial score (nSPS) is 11.2.